The van der Waals surface area contributed by atoms with Crippen LogP contribution in [0.5, 0.6) is 0 Å². The van der Waals surface area contributed by atoms with E-state index in [9.17, 15) is 0 Å². The van der Waals surface area contributed by atoms with E-state index in [1.807, 2.05) is 0 Å². The highest BCUT2D eigenvalue weighted by molar-refractivity contribution is 5.46. The molecule has 1 aromatic rings. The molecule has 0 spiro atoms. The Morgan fingerprint density at radius 1 is 1.43 bits per heavy atom. The van der Waals surface area contributed by atoms with Gasteiger partial charge in [-0.15, -0.1) is 0 Å². The van der Waals surface area contributed by atoms with Gasteiger partial charge in [0.15, 0.2) is 0 Å². The molecule has 0 bridgehead atoms. The van der Waals surface area contributed by atoms with Crippen LogP contribution in [0.2, 0.25) is 0 Å². The molecule has 0 aromatic heterocycles. The Hall–Kier alpha value is -1.04. The van der Waals surface area contributed by atoms with E-state index >= 15 is 0 Å². The summed E-state index contributed by atoms with van der Waals surface area (Å²) < 4.78 is 0. The zero-order chi connectivity index (χ0) is 10.1. The van der Waals surface area contributed by atoms with Crippen LogP contribution in [0.4, 0.5) is 0 Å². The van der Waals surface area contributed by atoms with Crippen molar-refractivity contribution in [3.8, 4) is 0 Å². The molecule has 1 atom stereocenters. The highest BCUT2D eigenvalue weighted by atomic mass is 14.3. The van der Waals surface area contributed by atoms with E-state index in [1.54, 1.807) is 0 Å². The maximum atomic E-state index is 4.13. The third kappa shape index (κ3) is 1.50. The molecule has 0 fully saturated rings. The molecule has 2 rings (SSSR count). The van der Waals surface area contributed by atoms with E-state index in [0.29, 0.717) is 5.92 Å². The number of fused-ring (bicyclic) bond motifs is 1. The van der Waals surface area contributed by atoms with Crippen LogP contribution in [-0.4, -0.2) is 0 Å². The largest absolute Gasteiger partial charge is 0.0989 e. The molecule has 0 heteroatoms. The van der Waals surface area contributed by atoms with Crippen molar-refractivity contribution >= 4 is 0 Å². The lowest BCUT2D eigenvalue weighted by Gasteiger charge is -2.07. The fraction of sp³-hybridized carbons (Fsp3) is 0.429. The summed E-state index contributed by atoms with van der Waals surface area (Å²) in [4.78, 5) is 0. The molecule has 74 valence electrons. The average Bonchev–Trinajstić information content (AvgIpc) is 2.45. The highest BCUT2D eigenvalue weighted by Gasteiger charge is 2.21. The summed E-state index contributed by atoms with van der Waals surface area (Å²) in [5.41, 5.74) is 5.85. The minimum atomic E-state index is 0.571. The van der Waals surface area contributed by atoms with Gasteiger partial charge in [-0.05, 0) is 29.5 Å². The first-order chi connectivity index (χ1) is 6.72. The lowest BCUT2D eigenvalue weighted by Crippen LogP contribution is -1.91. The molecule has 1 aliphatic carbocycles. The topological polar surface area (TPSA) is 0 Å². The standard InChI is InChI=1S/C14H18/c1-4-5-12-6-7-13-8-10(2)11(3)14(13)9-12/h6-7,9,11H,2,4-5,8H2,1,3H3. The quantitative estimate of drug-likeness (QED) is 0.615. The lowest BCUT2D eigenvalue weighted by atomic mass is 9.98. The van der Waals surface area contributed by atoms with Gasteiger partial charge in [-0.2, -0.15) is 0 Å². The van der Waals surface area contributed by atoms with Crippen molar-refractivity contribution in [3.05, 3.63) is 47.0 Å². The summed E-state index contributed by atoms with van der Waals surface area (Å²) in [5, 5.41) is 0. The second kappa shape index (κ2) is 3.61. The van der Waals surface area contributed by atoms with E-state index in [2.05, 4.69) is 38.6 Å². The van der Waals surface area contributed by atoms with Gasteiger partial charge in [0.05, 0.1) is 0 Å². The Bertz CT molecular complexity index is 360. The van der Waals surface area contributed by atoms with Crippen LogP contribution >= 0.6 is 0 Å². The minimum absolute atomic E-state index is 0.571. The van der Waals surface area contributed by atoms with Crippen molar-refractivity contribution in [1.29, 1.82) is 0 Å². The Kier molecular flexibility index (Phi) is 2.45. The molecule has 0 radical (unpaired) electrons. The fourth-order valence-corrected chi connectivity index (χ4v) is 2.27. The molecule has 0 aliphatic heterocycles. The van der Waals surface area contributed by atoms with E-state index < -0.39 is 0 Å². The second-order valence-electron chi connectivity index (χ2n) is 4.34. The van der Waals surface area contributed by atoms with E-state index in [-0.39, 0.29) is 0 Å². The van der Waals surface area contributed by atoms with Crippen molar-refractivity contribution in [2.75, 3.05) is 0 Å². The van der Waals surface area contributed by atoms with Gasteiger partial charge < -0.3 is 0 Å². The van der Waals surface area contributed by atoms with Gasteiger partial charge in [-0.25, -0.2) is 0 Å². The number of aryl methyl sites for hydroxylation is 1. The van der Waals surface area contributed by atoms with Crippen molar-refractivity contribution < 1.29 is 0 Å². The Labute approximate surface area is 86.7 Å². The first kappa shape index (κ1) is 9.51. The van der Waals surface area contributed by atoms with Gasteiger partial charge in [-0.3, -0.25) is 0 Å². The molecule has 0 saturated heterocycles. The van der Waals surface area contributed by atoms with Gasteiger partial charge in [0.2, 0.25) is 0 Å². The first-order valence-corrected chi connectivity index (χ1v) is 5.51. The predicted octanol–water partition coefficient (Wildman–Crippen LogP) is 3.85. The summed E-state index contributed by atoms with van der Waals surface area (Å²) >= 11 is 0. The minimum Gasteiger partial charge on any atom is -0.0989 e. The highest BCUT2D eigenvalue weighted by Crippen LogP contribution is 2.36. The summed E-state index contributed by atoms with van der Waals surface area (Å²) in [6, 6.07) is 6.93. The fourth-order valence-electron chi connectivity index (χ4n) is 2.27. The third-order valence-electron chi connectivity index (χ3n) is 3.25. The Morgan fingerprint density at radius 3 is 2.93 bits per heavy atom. The molecule has 0 heterocycles. The number of allylic oxidation sites excluding steroid dienone is 1. The van der Waals surface area contributed by atoms with Crippen LogP contribution in [0.3, 0.4) is 0 Å². The molecule has 1 aromatic carbocycles. The van der Waals surface area contributed by atoms with Crippen LogP contribution in [0.25, 0.3) is 0 Å². The molecular formula is C14H18. The van der Waals surface area contributed by atoms with Crippen LogP contribution in [0, 0.1) is 0 Å². The summed E-state index contributed by atoms with van der Waals surface area (Å²) in [7, 11) is 0. The molecule has 0 saturated carbocycles. The number of hydrogen-bond donors (Lipinski definition) is 0. The van der Waals surface area contributed by atoms with Gasteiger partial charge in [0.25, 0.3) is 0 Å². The third-order valence-corrected chi connectivity index (χ3v) is 3.25. The zero-order valence-corrected chi connectivity index (χ0v) is 9.14. The number of hydrogen-bond acceptors (Lipinski definition) is 0. The SMILES string of the molecule is C=C1Cc2ccc(CCC)cc2C1C. The van der Waals surface area contributed by atoms with Crippen LogP contribution in [0.15, 0.2) is 30.4 Å². The van der Waals surface area contributed by atoms with E-state index in [1.165, 1.54) is 35.1 Å². The molecule has 0 amide bonds. The van der Waals surface area contributed by atoms with E-state index in [4.69, 9.17) is 0 Å². The van der Waals surface area contributed by atoms with Crippen LogP contribution in [0.1, 0.15) is 42.9 Å². The van der Waals surface area contributed by atoms with Crippen LogP contribution in [-0.2, 0) is 12.8 Å². The summed E-state index contributed by atoms with van der Waals surface area (Å²) in [6.07, 6.45) is 3.52. The number of benzene rings is 1. The maximum absolute atomic E-state index is 4.13. The lowest BCUT2D eigenvalue weighted by molar-refractivity contribution is 0.902. The first-order valence-electron chi connectivity index (χ1n) is 5.51. The molecule has 14 heavy (non-hydrogen) atoms. The van der Waals surface area contributed by atoms with Gasteiger partial charge in [-0.1, -0.05) is 50.6 Å². The van der Waals surface area contributed by atoms with Crippen LogP contribution < -0.4 is 0 Å². The normalized spacial score (nSPS) is 19.9. The van der Waals surface area contributed by atoms with Gasteiger partial charge >= 0.3 is 0 Å². The monoisotopic (exact) mass is 186 g/mol. The number of rotatable bonds is 2. The predicted molar refractivity (Wildman–Crippen MR) is 61.7 cm³/mol. The molecule has 0 N–H and O–H groups in total. The second-order valence-corrected chi connectivity index (χ2v) is 4.34. The molecule has 1 aliphatic rings. The maximum Gasteiger partial charge on any atom is 0.00233 e. The molecule has 1 unspecified atom stereocenters. The van der Waals surface area contributed by atoms with Crippen molar-refractivity contribution in [2.24, 2.45) is 0 Å². The van der Waals surface area contributed by atoms with Gasteiger partial charge in [0.1, 0.15) is 0 Å². The smallest absolute Gasteiger partial charge is 0.00233 e. The molecular weight excluding hydrogens is 168 g/mol. The van der Waals surface area contributed by atoms with Gasteiger partial charge in [0, 0.05) is 5.92 Å². The Morgan fingerprint density at radius 2 is 2.21 bits per heavy atom. The summed E-state index contributed by atoms with van der Waals surface area (Å²) in [5.74, 6) is 0.571. The zero-order valence-electron chi connectivity index (χ0n) is 9.14. The summed E-state index contributed by atoms with van der Waals surface area (Å²) in [6.45, 7) is 8.63. The van der Waals surface area contributed by atoms with Crippen molar-refractivity contribution in [3.63, 3.8) is 0 Å². The Balaban J connectivity index is 2.36. The molecule has 0 nitrogen and oxygen atoms in total. The van der Waals surface area contributed by atoms with E-state index in [0.717, 1.165) is 6.42 Å². The van der Waals surface area contributed by atoms with Crippen molar-refractivity contribution in [2.45, 2.75) is 39.0 Å². The average molecular weight is 186 g/mol. The van der Waals surface area contributed by atoms with Crippen molar-refractivity contribution in [1.82, 2.24) is 0 Å².